The van der Waals surface area contributed by atoms with Gasteiger partial charge in [0.25, 0.3) is 0 Å². The van der Waals surface area contributed by atoms with Crippen molar-refractivity contribution in [1.82, 2.24) is 9.80 Å². The molecule has 1 saturated carbocycles. The zero-order valence-electron chi connectivity index (χ0n) is 18.6. The number of hydrogen-bond donors (Lipinski definition) is 2. The average molecular weight is 449 g/mol. The van der Waals surface area contributed by atoms with E-state index in [-0.39, 0.29) is 29.8 Å². The molecule has 2 N–H and O–H groups in total. The van der Waals surface area contributed by atoms with Crippen LogP contribution in [0.2, 0.25) is 0 Å². The molecule has 172 valence electrons. The molecule has 5 nitrogen and oxygen atoms in total. The van der Waals surface area contributed by atoms with Crippen molar-refractivity contribution in [3.63, 3.8) is 0 Å². The normalized spacial score (nSPS) is 36.2. The van der Waals surface area contributed by atoms with E-state index in [9.17, 15) is 14.6 Å². The van der Waals surface area contributed by atoms with Crippen molar-refractivity contribution in [3.05, 3.63) is 71.1 Å². The lowest BCUT2D eigenvalue weighted by molar-refractivity contribution is -0.199. The fraction of sp³-hybridized carbons (Fsp3) is 0.481. The van der Waals surface area contributed by atoms with Gasteiger partial charge in [-0.2, -0.15) is 0 Å². The molecular weight excluding hydrogens is 419 g/mol. The molecule has 2 bridgehead atoms. The third-order valence-corrected chi connectivity index (χ3v) is 9.29. The predicted octanol–water partition coefficient (Wildman–Crippen LogP) is 3.26. The Morgan fingerprint density at radius 3 is 2.82 bits per heavy atom. The maximum Gasteiger partial charge on any atom is 0.165 e. The van der Waals surface area contributed by atoms with Crippen LogP contribution in [0.5, 0.6) is 11.5 Å². The third kappa shape index (κ3) is 2.37. The Morgan fingerprint density at radius 2 is 1.97 bits per heavy atom. The number of rotatable bonds is 3. The molecule has 2 aromatic carbocycles. The Kier molecular flexibility index (Phi) is 3.99. The number of benzene rings is 2. The molecule has 1 spiro atoms. The zero-order valence-corrected chi connectivity index (χ0v) is 18.6. The van der Waals surface area contributed by atoms with Crippen molar-refractivity contribution in [1.29, 1.82) is 0 Å². The molecule has 1 saturated heterocycles. The molecule has 2 aliphatic carbocycles. The first kappa shape index (κ1) is 20.0. The van der Waals surface area contributed by atoms with E-state index in [0.717, 1.165) is 55.6 Å². The fourth-order valence-electron chi connectivity index (χ4n) is 7.99. The van der Waals surface area contributed by atoms with E-state index in [1.807, 2.05) is 18.2 Å². The van der Waals surface area contributed by atoms with Crippen LogP contribution >= 0.6 is 0 Å². The first-order valence-corrected chi connectivity index (χ1v) is 12.1. The number of phenols is 1. The van der Waals surface area contributed by atoms with Crippen molar-refractivity contribution >= 4 is 0 Å². The Labute approximate surface area is 193 Å². The van der Waals surface area contributed by atoms with E-state index in [1.54, 1.807) is 12.1 Å². The minimum absolute atomic E-state index is 0.00386. The maximum absolute atomic E-state index is 13.9. The molecule has 0 aromatic heterocycles. The molecule has 6 heteroatoms. The lowest BCUT2D eigenvalue weighted by Gasteiger charge is -2.64. The summed E-state index contributed by atoms with van der Waals surface area (Å²) < 4.78 is 20.5. The topological polar surface area (TPSA) is 56.2 Å². The minimum Gasteiger partial charge on any atom is -0.504 e. The molecule has 0 radical (unpaired) electrons. The van der Waals surface area contributed by atoms with E-state index in [2.05, 4.69) is 16.4 Å². The van der Waals surface area contributed by atoms with E-state index in [0.29, 0.717) is 18.7 Å². The Balaban J connectivity index is 1.35. The van der Waals surface area contributed by atoms with Gasteiger partial charge in [0.05, 0.1) is 11.0 Å². The van der Waals surface area contributed by atoms with Crippen LogP contribution in [0.15, 0.2) is 43.0 Å². The van der Waals surface area contributed by atoms with E-state index in [4.69, 9.17) is 4.74 Å². The molecule has 2 fully saturated rings. The first-order chi connectivity index (χ1) is 16.0. The van der Waals surface area contributed by atoms with Crippen molar-refractivity contribution in [2.45, 2.75) is 68.0 Å². The van der Waals surface area contributed by atoms with Crippen molar-refractivity contribution < 1.29 is 19.3 Å². The van der Waals surface area contributed by atoms with Gasteiger partial charge in [-0.3, -0.25) is 9.80 Å². The SMILES string of the molecule is C=CCN1CC[C@]23c4c5ccc(O)c4O[C@H]2[C@H](N2Cc4ccc(F)cc4C2)CC[C@@]3(O)[C@H]1C5. The summed E-state index contributed by atoms with van der Waals surface area (Å²) in [6, 6.07) is 8.92. The lowest BCUT2D eigenvalue weighted by Crippen LogP contribution is -2.78. The summed E-state index contributed by atoms with van der Waals surface area (Å²) in [6.45, 7) is 7.01. The molecule has 7 rings (SSSR count). The highest BCUT2D eigenvalue weighted by Crippen LogP contribution is 2.66. The van der Waals surface area contributed by atoms with Crippen LogP contribution < -0.4 is 4.74 Å². The Hall–Kier alpha value is -2.41. The van der Waals surface area contributed by atoms with Crippen LogP contribution in [0.3, 0.4) is 0 Å². The summed E-state index contributed by atoms with van der Waals surface area (Å²) in [6.07, 6.45) is 4.71. The van der Waals surface area contributed by atoms with Crippen LogP contribution in [0.25, 0.3) is 0 Å². The summed E-state index contributed by atoms with van der Waals surface area (Å²) in [5.41, 5.74) is 2.96. The van der Waals surface area contributed by atoms with Gasteiger partial charge in [-0.05, 0) is 67.1 Å². The van der Waals surface area contributed by atoms with Gasteiger partial charge >= 0.3 is 0 Å². The summed E-state index contributed by atoms with van der Waals surface area (Å²) in [7, 11) is 0. The van der Waals surface area contributed by atoms with Gasteiger partial charge in [-0.1, -0.05) is 18.2 Å². The van der Waals surface area contributed by atoms with Gasteiger partial charge in [-0.15, -0.1) is 6.58 Å². The van der Waals surface area contributed by atoms with E-state index >= 15 is 0 Å². The molecule has 3 heterocycles. The second kappa shape index (κ2) is 6.59. The smallest absolute Gasteiger partial charge is 0.165 e. The quantitative estimate of drug-likeness (QED) is 0.706. The number of nitrogens with zero attached hydrogens (tertiary/aromatic N) is 2. The molecule has 5 atom stereocenters. The number of hydrogen-bond acceptors (Lipinski definition) is 5. The number of aromatic hydroxyl groups is 1. The number of ether oxygens (including phenoxy) is 1. The second-order valence-corrected chi connectivity index (χ2v) is 10.6. The van der Waals surface area contributed by atoms with Crippen molar-refractivity contribution in [3.8, 4) is 11.5 Å². The Morgan fingerprint density at radius 1 is 1.15 bits per heavy atom. The Bertz CT molecular complexity index is 1180. The van der Waals surface area contributed by atoms with E-state index in [1.165, 1.54) is 11.6 Å². The highest BCUT2D eigenvalue weighted by molar-refractivity contribution is 5.62. The number of likely N-dealkylation sites (tertiary alicyclic amines) is 1. The molecule has 3 aliphatic heterocycles. The number of phenolic OH excluding ortho intramolecular Hbond substituents is 1. The number of aliphatic hydroxyl groups is 1. The monoisotopic (exact) mass is 448 g/mol. The van der Waals surface area contributed by atoms with Crippen LogP contribution in [-0.2, 0) is 24.9 Å². The minimum atomic E-state index is -0.917. The van der Waals surface area contributed by atoms with Gasteiger partial charge in [0.2, 0.25) is 0 Å². The van der Waals surface area contributed by atoms with Crippen molar-refractivity contribution in [2.75, 3.05) is 13.1 Å². The van der Waals surface area contributed by atoms with Crippen molar-refractivity contribution in [2.24, 2.45) is 0 Å². The molecule has 0 amide bonds. The summed E-state index contributed by atoms with van der Waals surface area (Å²) in [4.78, 5) is 4.77. The molecule has 5 aliphatic rings. The number of halogens is 1. The first-order valence-electron chi connectivity index (χ1n) is 12.1. The standard InChI is InChI=1S/C27H29FN2O3/c1-2-10-29-11-9-26-23-16-4-6-21(31)24(23)33-25(26)20(7-8-27(26,32)22(29)13-16)30-14-17-3-5-19(28)12-18(17)15-30/h2-6,12,20,22,25,31-32H,1,7-11,13-15H2/t20-,22-,25+,26+,27-/m1/s1. The molecule has 0 unspecified atom stereocenters. The number of piperidine rings is 1. The van der Waals surface area contributed by atoms with Crippen LogP contribution in [0, 0.1) is 5.82 Å². The third-order valence-electron chi connectivity index (χ3n) is 9.29. The summed E-state index contributed by atoms with van der Waals surface area (Å²) >= 11 is 0. The number of fused-ring (bicyclic) bond motifs is 1. The van der Waals surface area contributed by atoms with Gasteiger partial charge in [0.15, 0.2) is 11.5 Å². The van der Waals surface area contributed by atoms with Crippen LogP contribution in [0.4, 0.5) is 4.39 Å². The van der Waals surface area contributed by atoms with Gasteiger partial charge in [0, 0.05) is 37.3 Å². The summed E-state index contributed by atoms with van der Waals surface area (Å²) in [5.74, 6) is 0.537. The predicted molar refractivity (Wildman–Crippen MR) is 122 cm³/mol. The van der Waals surface area contributed by atoms with Crippen LogP contribution in [0.1, 0.15) is 41.5 Å². The van der Waals surface area contributed by atoms with Crippen LogP contribution in [-0.4, -0.2) is 56.9 Å². The van der Waals surface area contributed by atoms with Gasteiger partial charge < -0.3 is 14.9 Å². The fourth-order valence-corrected chi connectivity index (χ4v) is 7.99. The van der Waals surface area contributed by atoms with Gasteiger partial charge in [0.1, 0.15) is 11.9 Å². The van der Waals surface area contributed by atoms with E-state index < -0.39 is 11.0 Å². The average Bonchev–Trinajstić information content (AvgIpc) is 3.36. The van der Waals surface area contributed by atoms with Gasteiger partial charge in [-0.25, -0.2) is 4.39 Å². The zero-order chi connectivity index (χ0) is 22.5. The molecular formula is C27H29FN2O3. The highest BCUT2D eigenvalue weighted by atomic mass is 19.1. The lowest BCUT2D eigenvalue weighted by atomic mass is 9.48. The highest BCUT2D eigenvalue weighted by Gasteiger charge is 2.73. The molecule has 2 aromatic rings. The second-order valence-electron chi connectivity index (χ2n) is 10.6. The largest absolute Gasteiger partial charge is 0.504 e. The maximum atomic E-state index is 13.9. The molecule has 33 heavy (non-hydrogen) atoms. The summed E-state index contributed by atoms with van der Waals surface area (Å²) in [5, 5.41) is 23.2.